The zero-order chi connectivity index (χ0) is 11.7. The normalized spacial score (nSPS) is 10.6. The summed E-state index contributed by atoms with van der Waals surface area (Å²) < 4.78 is 6.93. The zero-order valence-electron chi connectivity index (χ0n) is 9.10. The maximum atomic E-state index is 11.0. The standard InChI is InChI=1S/C11H12N2O3/c1-3-16-10-5-9-7(6-13(2)12-9)4-8(10)11(14)15/h4-6H,3H2,1-2H3,(H,14,15). The fourth-order valence-electron chi connectivity index (χ4n) is 1.62. The van der Waals surface area contributed by atoms with Gasteiger partial charge in [-0.05, 0) is 13.0 Å². The molecule has 0 aliphatic heterocycles. The molecule has 0 spiro atoms. The zero-order valence-corrected chi connectivity index (χ0v) is 9.10. The van der Waals surface area contributed by atoms with Crippen molar-refractivity contribution in [1.29, 1.82) is 0 Å². The van der Waals surface area contributed by atoms with Crippen LogP contribution in [0.2, 0.25) is 0 Å². The van der Waals surface area contributed by atoms with Crippen molar-refractivity contribution in [3.63, 3.8) is 0 Å². The summed E-state index contributed by atoms with van der Waals surface area (Å²) in [5.74, 6) is -0.629. The minimum absolute atomic E-state index is 0.169. The number of hydrogen-bond acceptors (Lipinski definition) is 3. The van der Waals surface area contributed by atoms with Crippen LogP contribution >= 0.6 is 0 Å². The summed E-state index contributed by atoms with van der Waals surface area (Å²) in [5, 5.41) is 14.0. The highest BCUT2D eigenvalue weighted by Gasteiger charge is 2.14. The van der Waals surface area contributed by atoms with Crippen LogP contribution in [-0.4, -0.2) is 27.5 Å². The molecule has 0 unspecified atom stereocenters. The SMILES string of the molecule is CCOc1cc2nn(C)cc2cc1C(=O)O. The summed E-state index contributed by atoms with van der Waals surface area (Å²) >= 11 is 0. The van der Waals surface area contributed by atoms with Crippen LogP contribution in [0.3, 0.4) is 0 Å². The summed E-state index contributed by atoms with van der Waals surface area (Å²) in [6, 6.07) is 3.23. The average Bonchev–Trinajstić information content (AvgIpc) is 2.56. The summed E-state index contributed by atoms with van der Waals surface area (Å²) in [7, 11) is 1.79. The van der Waals surface area contributed by atoms with E-state index in [0.29, 0.717) is 12.4 Å². The van der Waals surface area contributed by atoms with Gasteiger partial charge in [0.2, 0.25) is 0 Å². The summed E-state index contributed by atoms with van der Waals surface area (Å²) in [6.45, 7) is 2.24. The first-order valence-corrected chi connectivity index (χ1v) is 4.95. The highest BCUT2D eigenvalue weighted by Crippen LogP contribution is 2.25. The number of aryl methyl sites for hydroxylation is 1. The Morgan fingerprint density at radius 2 is 2.31 bits per heavy atom. The molecule has 0 atom stereocenters. The minimum atomic E-state index is -0.991. The molecule has 84 valence electrons. The van der Waals surface area contributed by atoms with Crippen molar-refractivity contribution in [2.24, 2.45) is 7.05 Å². The van der Waals surface area contributed by atoms with Crippen LogP contribution in [0.4, 0.5) is 0 Å². The molecule has 0 fully saturated rings. The molecule has 0 aliphatic carbocycles. The largest absolute Gasteiger partial charge is 0.493 e. The molecule has 1 N–H and O–H groups in total. The smallest absolute Gasteiger partial charge is 0.339 e. The van der Waals surface area contributed by atoms with Crippen LogP contribution in [0, 0.1) is 0 Å². The molecule has 5 heteroatoms. The molecule has 1 heterocycles. The minimum Gasteiger partial charge on any atom is -0.493 e. The Kier molecular flexibility index (Phi) is 2.52. The lowest BCUT2D eigenvalue weighted by Crippen LogP contribution is -2.02. The highest BCUT2D eigenvalue weighted by molar-refractivity contribution is 5.96. The maximum absolute atomic E-state index is 11.0. The van der Waals surface area contributed by atoms with E-state index in [2.05, 4.69) is 5.10 Å². The Morgan fingerprint density at radius 1 is 1.56 bits per heavy atom. The molecule has 0 bridgehead atoms. The molecule has 0 saturated carbocycles. The van der Waals surface area contributed by atoms with E-state index in [4.69, 9.17) is 9.84 Å². The van der Waals surface area contributed by atoms with E-state index in [1.54, 1.807) is 30.1 Å². The average molecular weight is 220 g/mol. The van der Waals surface area contributed by atoms with Crippen LogP contribution in [0.25, 0.3) is 10.9 Å². The van der Waals surface area contributed by atoms with Gasteiger partial charge < -0.3 is 9.84 Å². The number of benzene rings is 1. The van der Waals surface area contributed by atoms with Gasteiger partial charge in [-0.1, -0.05) is 0 Å². The van der Waals surface area contributed by atoms with Crippen molar-refractivity contribution >= 4 is 16.9 Å². The van der Waals surface area contributed by atoms with Crippen molar-refractivity contribution in [3.8, 4) is 5.75 Å². The molecule has 5 nitrogen and oxygen atoms in total. The van der Waals surface area contributed by atoms with Gasteiger partial charge in [0.05, 0.1) is 12.1 Å². The molecular weight excluding hydrogens is 208 g/mol. The second-order valence-corrected chi connectivity index (χ2v) is 3.45. The fourth-order valence-corrected chi connectivity index (χ4v) is 1.62. The Bertz CT molecular complexity index is 545. The molecular formula is C11H12N2O3. The van der Waals surface area contributed by atoms with Gasteiger partial charge in [0, 0.05) is 24.7 Å². The number of rotatable bonds is 3. The van der Waals surface area contributed by atoms with E-state index in [-0.39, 0.29) is 5.56 Å². The molecule has 0 saturated heterocycles. The second kappa shape index (κ2) is 3.84. The van der Waals surface area contributed by atoms with Gasteiger partial charge in [-0.2, -0.15) is 5.10 Å². The van der Waals surface area contributed by atoms with Crippen molar-refractivity contribution in [1.82, 2.24) is 9.78 Å². The lowest BCUT2D eigenvalue weighted by atomic mass is 10.1. The van der Waals surface area contributed by atoms with E-state index in [9.17, 15) is 4.79 Å². The van der Waals surface area contributed by atoms with Gasteiger partial charge in [-0.25, -0.2) is 4.79 Å². The molecule has 0 amide bonds. The Labute approximate surface area is 92.2 Å². The van der Waals surface area contributed by atoms with E-state index >= 15 is 0 Å². The first-order chi connectivity index (χ1) is 7.61. The number of carboxylic acids is 1. The van der Waals surface area contributed by atoms with Gasteiger partial charge in [0.1, 0.15) is 11.3 Å². The lowest BCUT2D eigenvalue weighted by molar-refractivity contribution is 0.0693. The molecule has 1 aromatic carbocycles. The number of fused-ring (bicyclic) bond motifs is 1. The van der Waals surface area contributed by atoms with Gasteiger partial charge in [0.15, 0.2) is 0 Å². The van der Waals surface area contributed by atoms with Crippen molar-refractivity contribution in [2.45, 2.75) is 6.92 Å². The van der Waals surface area contributed by atoms with Gasteiger partial charge in [-0.3, -0.25) is 4.68 Å². The number of carbonyl (C=O) groups is 1. The van der Waals surface area contributed by atoms with Crippen molar-refractivity contribution in [3.05, 3.63) is 23.9 Å². The topological polar surface area (TPSA) is 64.4 Å². The number of ether oxygens (including phenoxy) is 1. The fraction of sp³-hybridized carbons (Fsp3) is 0.273. The number of aromatic carboxylic acids is 1. The lowest BCUT2D eigenvalue weighted by Gasteiger charge is -2.06. The van der Waals surface area contributed by atoms with Gasteiger partial charge in [-0.15, -0.1) is 0 Å². The van der Waals surface area contributed by atoms with Crippen LogP contribution in [0.5, 0.6) is 5.75 Å². The number of hydrogen-bond donors (Lipinski definition) is 1. The molecule has 2 rings (SSSR count). The Hall–Kier alpha value is -2.04. The van der Waals surface area contributed by atoms with E-state index in [1.807, 2.05) is 6.92 Å². The third-order valence-electron chi connectivity index (χ3n) is 2.25. The summed E-state index contributed by atoms with van der Waals surface area (Å²) in [5.41, 5.74) is 0.901. The van der Waals surface area contributed by atoms with Crippen LogP contribution < -0.4 is 4.74 Å². The Balaban J connectivity index is 2.64. The van der Waals surface area contributed by atoms with E-state index in [0.717, 1.165) is 10.9 Å². The van der Waals surface area contributed by atoms with Crippen LogP contribution in [-0.2, 0) is 7.05 Å². The number of nitrogens with zero attached hydrogens (tertiary/aromatic N) is 2. The first kappa shape index (κ1) is 10.5. The molecule has 1 aromatic heterocycles. The predicted octanol–water partition coefficient (Wildman–Crippen LogP) is 1.67. The van der Waals surface area contributed by atoms with Crippen LogP contribution in [0.15, 0.2) is 18.3 Å². The molecule has 0 radical (unpaired) electrons. The monoisotopic (exact) mass is 220 g/mol. The van der Waals surface area contributed by atoms with Crippen molar-refractivity contribution < 1.29 is 14.6 Å². The number of carboxylic acid groups (broad SMARTS) is 1. The highest BCUT2D eigenvalue weighted by atomic mass is 16.5. The van der Waals surface area contributed by atoms with Gasteiger partial charge in [0.25, 0.3) is 0 Å². The Morgan fingerprint density at radius 3 is 2.94 bits per heavy atom. The van der Waals surface area contributed by atoms with E-state index < -0.39 is 5.97 Å². The maximum Gasteiger partial charge on any atom is 0.339 e. The quantitative estimate of drug-likeness (QED) is 0.854. The van der Waals surface area contributed by atoms with Gasteiger partial charge >= 0.3 is 5.97 Å². The third kappa shape index (κ3) is 1.71. The predicted molar refractivity (Wildman–Crippen MR) is 58.8 cm³/mol. The first-order valence-electron chi connectivity index (χ1n) is 4.95. The number of aromatic nitrogens is 2. The molecule has 0 aliphatic rings. The third-order valence-corrected chi connectivity index (χ3v) is 2.25. The van der Waals surface area contributed by atoms with Crippen molar-refractivity contribution in [2.75, 3.05) is 6.61 Å². The van der Waals surface area contributed by atoms with Crippen LogP contribution in [0.1, 0.15) is 17.3 Å². The molecule has 16 heavy (non-hydrogen) atoms. The van der Waals surface area contributed by atoms with E-state index in [1.165, 1.54) is 0 Å². The molecule has 2 aromatic rings. The second-order valence-electron chi connectivity index (χ2n) is 3.45. The summed E-state index contributed by atoms with van der Waals surface area (Å²) in [4.78, 5) is 11.0. The summed E-state index contributed by atoms with van der Waals surface area (Å²) in [6.07, 6.45) is 1.78.